The number of aryl methyl sites for hydroxylation is 1. The minimum absolute atomic E-state index is 0.126. The van der Waals surface area contributed by atoms with Gasteiger partial charge in [-0.15, -0.1) is 11.3 Å². The number of nitrogens with two attached hydrogens (primary N) is 1. The van der Waals surface area contributed by atoms with Gasteiger partial charge in [0.2, 0.25) is 0 Å². The van der Waals surface area contributed by atoms with Gasteiger partial charge in [-0.3, -0.25) is 0 Å². The SMILES string of the molecule is Cc1sccc1C(N)c1cc(Cl)ccc1Br. The molecular weight excluding hydrogens is 306 g/mol. The van der Waals surface area contributed by atoms with Crippen LogP contribution in [0.15, 0.2) is 34.1 Å². The summed E-state index contributed by atoms with van der Waals surface area (Å²) in [7, 11) is 0. The highest BCUT2D eigenvalue weighted by atomic mass is 79.9. The molecule has 1 atom stereocenters. The lowest BCUT2D eigenvalue weighted by Gasteiger charge is -2.14. The van der Waals surface area contributed by atoms with Crippen molar-refractivity contribution in [3.63, 3.8) is 0 Å². The van der Waals surface area contributed by atoms with Crippen LogP contribution in [0.3, 0.4) is 0 Å². The van der Waals surface area contributed by atoms with E-state index < -0.39 is 0 Å². The van der Waals surface area contributed by atoms with E-state index in [2.05, 4.69) is 34.3 Å². The molecule has 0 bridgehead atoms. The first-order chi connectivity index (χ1) is 7.59. The highest BCUT2D eigenvalue weighted by Crippen LogP contribution is 2.32. The van der Waals surface area contributed by atoms with Crippen molar-refractivity contribution in [2.24, 2.45) is 5.73 Å². The Bertz CT molecular complexity index is 509. The predicted octanol–water partition coefficient (Wildman–Crippen LogP) is 4.52. The van der Waals surface area contributed by atoms with E-state index in [0.29, 0.717) is 5.02 Å². The van der Waals surface area contributed by atoms with Crippen LogP contribution in [0.5, 0.6) is 0 Å². The van der Waals surface area contributed by atoms with Crippen molar-refractivity contribution in [1.29, 1.82) is 0 Å². The maximum atomic E-state index is 6.25. The fraction of sp³-hybridized carbons (Fsp3) is 0.167. The number of hydrogen-bond acceptors (Lipinski definition) is 2. The Morgan fingerprint density at radius 1 is 1.31 bits per heavy atom. The van der Waals surface area contributed by atoms with Crippen LogP contribution < -0.4 is 5.73 Å². The van der Waals surface area contributed by atoms with E-state index in [1.807, 2.05) is 18.2 Å². The van der Waals surface area contributed by atoms with Crippen LogP contribution in [0.4, 0.5) is 0 Å². The fourth-order valence-corrected chi connectivity index (χ4v) is 3.06. The van der Waals surface area contributed by atoms with Gasteiger partial charge in [0.1, 0.15) is 0 Å². The smallest absolute Gasteiger partial charge is 0.0574 e. The number of benzene rings is 1. The summed E-state index contributed by atoms with van der Waals surface area (Å²) in [6.07, 6.45) is 0. The first-order valence-electron chi connectivity index (χ1n) is 4.84. The largest absolute Gasteiger partial charge is 0.320 e. The molecule has 1 heterocycles. The molecule has 0 spiro atoms. The van der Waals surface area contributed by atoms with Crippen LogP contribution in [0.25, 0.3) is 0 Å². The normalized spacial score (nSPS) is 12.8. The van der Waals surface area contributed by atoms with E-state index in [1.165, 1.54) is 4.88 Å². The molecule has 0 aliphatic heterocycles. The summed E-state index contributed by atoms with van der Waals surface area (Å²) in [5, 5.41) is 2.77. The van der Waals surface area contributed by atoms with Gasteiger partial charge in [-0.1, -0.05) is 27.5 Å². The second-order valence-electron chi connectivity index (χ2n) is 3.58. The lowest BCUT2D eigenvalue weighted by molar-refractivity contribution is 0.864. The average molecular weight is 317 g/mol. The topological polar surface area (TPSA) is 26.0 Å². The Kier molecular flexibility index (Phi) is 3.70. The molecule has 4 heteroatoms. The van der Waals surface area contributed by atoms with Gasteiger partial charge in [0.05, 0.1) is 6.04 Å². The van der Waals surface area contributed by atoms with Crippen LogP contribution >= 0.6 is 38.9 Å². The summed E-state index contributed by atoms with van der Waals surface area (Å²) in [6.45, 7) is 2.08. The molecule has 1 aromatic carbocycles. The minimum Gasteiger partial charge on any atom is -0.320 e. The molecule has 0 aliphatic rings. The van der Waals surface area contributed by atoms with Crippen LogP contribution in [0, 0.1) is 6.92 Å². The molecular formula is C12H11BrClNS. The minimum atomic E-state index is -0.126. The molecule has 2 N–H and O–H groups in total. The summed E-state index contributed by atoms with van der Waals surface area (Å²) >= 11 is 11.2. The van der Waals surface area contributed by atoms with Gasteiger partial charge in [0.15, 0.2) is 0 Å². The lowest BCUT2D eigenvalue weighted by Crippen LogP contribution is -2.12. The molecule has 2 aromatic rings. The Hall–Kier alpha value is -0.350. The summed E-state index contributed by atoms with van der Waals surface area (Å²) < 4.78 is 0.995. The van der Waals surface area contributed by atoms with E-state index in [4.69, 9.17) is 17.3 Å². The summed E-state index contributed by atoms with van der Waals surface area (Å²) in [6, 6.07) is 7.63. The molecule has 16 heavy (non-hydrogen) atoms. The molecule has 0 radical (unpaired) electrons. The standard InChI is InChI=1S/C12H11BrClNS/c1-7-9(4-5-16-7)12(15)10-6-8(14)2-3-11(10)13/h2-6,12H,15H2,1H3. The molecule has 0 amide bonds. The molecule has 1 unspecified atom stereocenters. The number of rotatable bonds is 2. The molecule has 0 saturated carbocycles. The van der Waals surface area contributed by atoms with Gasteiger partial charge in [0, 0.05) is 14.4 Å². The van der Waals surface area contributed by atoms with Gasteiger partial charge >= 0.3 is 0 Å². The zero-order valence-corrected chi connectivity index (χ0v) is 11.9. The monoisotopic (exact) mass is 315 g/mol. The van der Waals surface area contributed by atoms with Crippen molar-refractivity contribution in [1.82, 2.24) is 0 Å². The van der Waals surface area contributed by atoms with Crippen LogP contribution in [-0.2, 0) is 0 Å². The quantitative estimate of drug-likeness (QED) is 0.866. The summed E-state index contributed by atoms with van der Waals surface area (Å²) in [4.78, 5) is 1.25. The third kappa shape index (κ3) is 2.33. The van der Waals surface area contributed by atoms with Crippen molar-refractivity contribution < 1.29 is 0 Å². The van der Waals surface area contributed by atoms with E-state index in [1.54, 1.807) is 11.3 Å². The van der Waals surface area contributed by atoms with E-state index in [-0.39, 0.29) is 6.04 Å². The maximum Gasteiger partial charge on any atom is 0.0574 e. The van der Waals surface area contributed by atoms with Gasteiger partial charge in [-0.05, 0) is 47.7 Å². The van der Waals surface area contributed by atoms with Gasteiger partial charge in [-0.25, -0.2) is 0 Å². The second-order valence-corrected chi connectivity index (χ2v) is 5.99. The number of hydrogen-bond donors (Lipinski definition) is 1. The van der Waals surface area contributed by atoms with E-state index >= 15 is 0 Å². The van der Waals surface area contributed by atoms with Crippen molar-refractivity contribution in [2.45, 2.75) is 13.0 Å². The Morgan fingerprint density at radius 3 is 2.69 bits per heavy atom. The van der Waals surface area contributed by atoms with Crippen LogP contribution in [-0.4, -0.2) is 0 Å². The van der Waals surface area contributed by atoms with E-state index in [0.717, 1.165) is 15.6 Å². The molecule has 0 aliphatic carbocycles. The molecule has 0 fully saturated rings. The number of halogens is 2. The van der Waals surface area contributed by atoms with Gasteiger partial charge in [0.25, 0.3) is 0 Å². The fourth-order valence-electron chi connectivity index (χ4n) is 1.64. The van der Waals surface area contributed by atoms with Gasteiger partial charge < -0.3 is 5.73 Å². The highest BCUT2D eigenvalue weighted by Gasteiger charge is 2.15. The average Bonchev–Trinajstić information content (AvgIpc) is 2.67. The molecule has 84 valence electrons. The first-order valence-corrected chi connectivity index (χ1v) is 6.89. The zero-order valence-electron chi connectivity index (χ0n) is 8.71. The Morgan fingerprint density at radius 2 is 2.06 bits per heavy atom. The second kappa shape index (κ2) is 4.88. The molecule has 2 rings (SSSR count). The van der Waals surface area contributed by atoms with Crippen molar-refractivity contribution in [3.05, 3.63) is 55.1 Å². The third-order valence-electron chi connectivity index (χ3n) is 2.53. The summed E-state index contributed by atoms with van der Waals surface area (Å²) in [5.41, 5.74) is 8.43. The van der Waals surface area contributed by atoms with Crippen molar-refractivity contribution in [2.75, 3.05) is 0 Å². The third-order valence-corrected chi connectivity index (χ3v) is 4.35. The van der Waals surface area contributed by atoms with E-state index in [9.17, 15) is 0 Å². The Labute approximate surface area is 112 Å². The zero-order chi connectivity index (χ0) is 11.7. The van der Waals surface area contributed by atoms with Crippen molar-refractivity contribution >= 4 is 38.9 Å². The predicted molar refractivity (Wildman–Crippen MR) is 74.2 cm³/mol. The molecule has 1 nitrogen and oxygen atoms in total. The van der Waals surface area contributed by atoms with Gasteiger partial charge in [-0.2, -0.15) is 0 Å². The first kappa shape index (κ1) is 12.1. The molecule has 1 aromatic heterocycles. The highest BCUT2D eigenvalue weighted by molar-refractivity contribution is 9.10. The molecule has 0 saturated heterocycles. The maximum absolute atomic E-state index is 6.25. The van der Waals surface area contributed by atoms with Crippen molar-refractivity contribution in [3.8, 4) is 0 Å². The van der Waals surface area contributed by atoms with Crippen LogP contribution in [0.1, 0.15) is 22.0 Å². The Balaban J connectivity index is 2.45. The van der Waals surface area contributed by atoms with Crippen LogP contribution in [0.2, 0.25) is 5.02 Å². The lowest BCUT2D eigenvalue weighted by atomic mass is 10.0. The number of thiophene rings is 1. The summed E-state index contributed by atoms with van der Waals surface area (Å²) in [5.74, 6) is 0.